The molecular weight excluding hydrogens is 246 g/mol. The first-order valence-corrected chi connectivity index (χ1v) is 8.27. The van der Waals surface area contributed by atoms with Gasteiger partial charge in [-0.25, -0.2) is 0 Å². The van der Waals surface area contributed by atoms with E-state index >= 15 is 0 Å². The highest BCUT2D eigenvalue weighted by molar-refractivity contribution is 5.27. The van der Waals surface area contributed by atoms with Crippen molar-refractivity contribution in [2.24, 2.45) is 11.7 Å². The average molecular weight is 275 g/mol. The van der Waals surface area contributed by atoms with Gasteiger partial charge in [0, 0.05) is 6.04 Å². The van der Waals surface area contributed by atoms with Gasteiger partial charge >= 0.3 is 0 Å². The molecule has 1 saturated carbocycles. The lowest BCUT2D eigenvalue weighted by Crippen LogP contribution is -2.34. The summed E-state index contributed by atoms with van der Waals surface area (Å²) in [6.07, 6.45) is 9.90. The van der Waals surface area contributed by atoms with Crippen LogP contribution >= 0.6 is 0 Å². The van der Waals surface area contributed by atoms with Crippen molar-refractivity contribution in [3.05, 3.63) is 29.8 Å². The van der Waals surface area contributed by atoms with Crippen molar-refractivity contribution >= 4 is 0 Å². The Morgan fingerprint density at radius 3 is 2.55 bits per heavy atom. The summed E-state index contributed by atoms with van der Waals surface area (Å²) in [7, 11) is 0. The van der Waals surface area contributed by atoms with Gasteiger partial charge in [-0.2, -0.15) is 0 Å². The highest BCUT2D eigenvalue weighted by Crippen LogP contribution is 2.26. The van der Waals surface area contributed by atoms with Gasteiger partial charge in [0.25, 0.3) is 0 Å². The van der Waals surface area contributed by atoms with Crippen molar-refractivity contribution in [1.29, 1.82) is 0 Å². The Kier molecular flexibility index (Phi) is 6.38. The predicted octanol–water partition coefficient (Wildman–Crippen LogP) is 4.32. The van der Waals surface area contributed by atoms with Gasteiger partial charge in [0.15, 0.2) is 0 Å². The Hall–Kier alpha value is -1.02. The lowest BCUT2D eigenvalue weighted by molar-refractivity contribution is 0.303. The van der Waals surface area contributed by atoms with Crippen LogP contribution in [0.1, 0.15) is 57.4 Å². The number of hydrogen-bond donors (Lipinski definition) is 1. The molecule has 1 aliphatic carbocycles. The van der Waals surface area contributed by atoms with Crippen LogP contribution < -0.4 is 10.5 Å². The maximum atomic E-state index is 6.23. The zero-order chi connectivity index (χ0) is 14.2. The molecule has 2 heteroatoms. The molecule has 2 atom stereocenters. The van der Waals surface area contributed by atoms with Gasteiger partial charge in [-0.15, -0.1) is 0 Å². The van der Waals surface area contributed by atoms with Crippen LogP contribution in [0.4, 0.5) is 0 Å². The molecule has 112 valence electrons. The summed E-state index contributed by atoms with van der Waals surface area (Å²) < 4.78 is 5.75. The largest absolute Gasteiger partial charge is 0.494 e. The highest BCUT2D eigenvalue weighted by atomic mass is 16.5. The first-order valence-electron chi connectivity index (χ1n) is 8.27. The van der Waals surface area contributed by atoms with Gasteiger partial charge in [0.2, 0.25) is 0 Å². The molecule has 1 fully saturated rings. The molecule has 0 aromatic heterocycles. The van der Waals surface area contributed by atoms with E-state index in [1.807, 2.05) is 0 Å². The monoisotopic (exact) mass is 275 g/mol. The third-order valence-corrected chi connectivity index (χ3v) is 4.41. The number of hydrogen-bond acceptors (Lipinski definition) is 2. The highest BCUT2D eigenvalue weighted by Gasteiger charge is 2.21. The van der Waals surface area contributed by atoms with Gasteiger partial charge in [0.05, 0.1) is 6.61 Å². The number of rotatable bonds is 7. The molecule has 0 radical (unpaired) electrons. The lowest BCUT2D eigenvalue weighted by atomic mass is 9.81. The van der Waals surface area contributed by atoms with Crippen LogP contribution in [-0.2, 0) is 6.42 Å². The van der Waals surface area contributed by atoms with Gasteiger partial charge in [0.1, 0.15) is 5.75 Å². The Bertz CT molecular complexity index is 374. The van der Waals surface area contributed by atoms with Crippen molar-refractivity contribution in [2.75, 3.05) is 6.61 Å². The molecule has 0 amide bonds. The fourth-order valence-electron chi connectivity index (χ4n) is 3.06. The fraction of sp³-hybridized carbons (Fsp3) is 0.667. The summed E-state index contributed by atoms with van der Waals surface area (Å²) in [5, 5.41) is 0. The van der Waals surface area contributed by atoms with Crippen molar-refractivity contribution < 1.29 is 4.74 Å². The topological polar surface area (TPSA) is 35.2 Å². The summed E-state index contributed by atoms with van der Waals surface area (Å²) in [4.78, 5) is 0. The molecule has 0 bridgehead atoms. The SMILES string of the molecule is CCCCCOc1ccc(CC2CCCCC2N)cc1. The summed E-state index contributed by atoms with van der Waals surface area (Å²) in [5.41, 5.74) is 7.62. The Morgan fingerprint density at radius 1 is 1.10 bits per heavy atom. The van der Waals surface area contributed by atoms with Crippen LogP contribution in [0, 0.1) is 5.92 Å². The average Bonchev–Trinajstić information content (AvgIpc) is 2.48. The molecule has 0 saturated heterocycles. The molecular formula is C18H29NO. The Labute approximate surface area is 123 Å². The van der Waals surface area contributed by atoms with Crippen LogP contribution in [-0.4, -0.2) is 12.6 Å². The second kappa shape index (κ2) is 8.31. The van der Waals surface area contributed by atoms with E-state index in [9.17, 15) is 0 Å². The van der Waals surface area contributed by atoms with Crippen molar-refractivity contribution in [1.82, 2.24) is 0 Å². The fourth-order valence-corrected chi connectivity index (χ4v) is 3.06. The second-order valence-corrected chi connectivity index (χ2v) is 6.11. The molecule has 1 aromatic carbocycles. The van der Waals surface area contributed by atoms with E-state index in [4.69, 9.17) is 10.5 Å². The molecule has 2 unspecified atom stereocenters. The van der Waals surface area contributed by atoms with E-state index in [1.54, 1.807) is 0 Å². The zero-order valence-electron chi connectivity index (χ0n) is 12.8. The first-order chi connectivity index (χ1) is 9.79. The summed E-state index contributed by atoms with van der Waals surface area (Å²) in [6.45, 7) is 3.05. The van der Waals surface area contributed by atoms with Gasteiger partial charge in [-0.3, -0.25) is 0 Å². The first kappa shape index (κ1) is 15.4. The number of ether oxygens (including phenoxy) is 1. The smallest absolute Gasteiger partial charge is 0.119 e. The summed E-state index contributed by atoms with van der Waals surface area (Å²) in [5.74, 6) is 1.66. The standard InChI is InChI=1S/C18H29NO/c1-2-3-6-13-20-17-11-9-15(10-12-17)14-16-7-4-5-8-18(16)19/h9-12,16,18H,2-8,13-14,19H2,1H3. The number of benzene rings is 1. The van der Waals surface area contributed by atoms with E-state index in [0.717, 1.165) is 25.2 Å². The molecule has 0 heterocycles. The number of unbranched alkanes of at least 4 members (excludes halogenated alkanes) is 2. The van der Waals surface area contributed by atoms with Crippen LogP contribution in [0.5, 0.6) is 5.75 Å². The third-order valence-electron chi connectivity index (χ3n) is 4.41. The van der Waals surface area contributed by atoms with E-state index in [2.05, 4.69) is 31.2 Å². The zero-order valence-corrected chi connectivity index (χ0v) is 12.8. The summed E-state index contributed by atoms with van der Waals surface area (Å²) in [6, 6.07) is 9.02. The predicted molar refractivity (Wildman–Crippen MR) is 85.1 cm³/mol. The van der Waals surface area contributed by atoms with Crippen molar-refractivity contribution in [3.8, 4) is 5.75 Å². The Balaban J connectivity index is 1.78. The van der Waals surface area contributed by atoms with Crippen molar-refractivity contribution in [2.45, 2.75) is 64.3 Å². The molecule has 0 aliphatic heterocycles. The molecule has 1 aliphatic rings. The van der Waals surface area contributed by atoms with Crippen LogP contribution in [0.2, 0.25) is 0 Å². The molecule has 2 nitrogen and oxygen atoms in total. The molecule has 0 spiro atoms. The van der Waals surface area contributed by atoms with E-state index in [1.165, 1.54) is 44.1 Å². The molecule has 2 N–H and O–H groups in total. The van der Waals surface area contributed by atoms with Gasteiger partial charge in [-0.1, -0.05) is 44.7 Å². The minimum Gasteiger partial charge on any atom is -0.494 e. The minimum atomic E-state index is 0.397. The lowest BCUT2D eigenvalue weighted by Gasteiger charge is -2.28. The molecule has 1 aromatic rings. The van der Waals surface area contributed by atoms with Crippen LogP contribution in [0.15, 0.2) is 24.3 Å². The second-order valence-electron chi connectivity index (χ2n) is 6.11. The van der Waals surface area contributed by atoms with E-state index in [-0.39, 0.29) is 0 Å². The van der Waals surface area contributed by atoms with Crippen LogP contribution in [0.25, 0.3) is 0 Å². The minimum absolute atomic E-state index is 0.397. The summed E-state index contributed by atoms with van der Waals surface area (Å²) >= 11 is 0. The molecule has 20 heavy (non-hydrogen) atoms. The van der Waals surface area contributed by atoms with Crippen LogP contribution in [0.3, 0.4) is 0 Å². The number of nitrogens with two attached hydrogens (primary N) is 1. The molecule has 2 rings (SSSR count). The van der Waals surface area contributed by atoms with E-state index < -0.39 is 0 Å². The van der Waals surface area contributed by atoms with Gasteiger partial charge < -0.3 is 10.5 Å². The third kappa shape index (κ3) is 4.82. The van der Waals surface area contributed by atoms with E-state index in [0.29, 0.717) is 12.0 Å². The normalized spacial score (nSPS) is 22.7. The maximum absolute atomic E-state index is 6.23. The maximum Gasteiger partial charge on any atom is 0.119 e. The van der Waals surface area contributed by atoms with Gasteiger partial charge in [-0.05, 0) is 49.3 Å². The Morgan fingerprint density at radius 2 is 1.85 bits per heavy atom. The quantitative estimate of drug-likeness (QED) is 0.752. The van der Waals surface area contributed by atoms with Crippen molar-refractivity contribution in [3.63, 3.8) is 0 Å².